The van der Waals surface area contributed by atoms with Gasteiger partial charge in [0.2, 0.25) is 0 Å². The van der Waals surface area contributed by atoms with E-state index in [9.17, 15) is 5.11 Å². The van der Waals surface area contributed by atoms with Crippen LogP contribution < -0.4 is 4.74 Å². The molecule has 3 rings (SSSR count). The molecule has 1 aliphatic heterocycles. The van der Waals surface area contributed by atoms with E-state index in [0.29, 0.717) is 12.5 Å². The van der Waals surface area contributed by atoms with Crippen LogP contribution in [0, 0.1) is 5.92 Å². The van der Waals surface area contributed by atoms with Gasteiger partial charge >= 0.3 is 0 Å². The van der Waals surface area contributed by atoms with Crippen molar-refractivity contribution < 1.29 is 9.84 Å². The van der Waals surface area contributed by atoms with Gasteiger partial charge in [-0.2, -0.15) is 5.10 Å². The van der Waals surface area contributed by atoms with E-state index in [1.165, 1.54) is 0 Å². The molecule has 0 bridgehead atoms. The third-order valence-corrected chi connectivity index (χ3v) is 5.27. The lowest BCUT2D eigenvalue weighted by Gasteiger charge is -2.37. The summed E-state index contributed by atoms with van der Waals surface area (Å²) in [6, 6.07) is 7.78. The molecular formula is C20H30N4O2. The van der Waals surface area contributed by atoms with Crippen LogP contribution in [0.2, 0.25) is 0 Å². The van der Waals surface area contributed by atoms with Crippen LogP contribution in [0.4, 0.5) is 0 Å². The van der Waals surface area contributed by atoms with E-state index in [1.807, 2.05) is 35.9 Å². The van der Waals surface area contributed by atoms with Gasteiger partial charge in [-0.15, -0.1) is 0 Å². The van der Waals surface area contributed by atoms with Gasteiger partial charge in [0, 0.05) is 12.6 Å². The molecule has 0 saturated carbocycles. The molecule has 1 aromatic carbocycles. The lowest BCUT2D eigenvalue weighted by atomic mass is 9.86. The number of aliphatic hydroxyl groups is 1. The largest absolute Gasteiger partial charge is 0.497 e. The molecule has 2 aromatic rings. The topological polar surface area (TPSA) is 63.4 Å². The Kier molecular flexibility index (Phi) is 5.63. The molecule has 1 aliphatic rings. The van der Waals surface area contributed by atoms with Crippen LogP contribution in [-0.2, 0) is 18.7 Å². The first kappa shape index (κ1) is 18.9. The molecule has 0 aliphatic carbocycles. The summed E-state index contributed by atoms with van der Waals surface area (Å²) < 4.78 is 7.22. The predicted molar refractivity (Wildman–Crippen MR) is 101 cm³/mol. The van der Waals surface area contributed by atoms with E-state index >= 15 is 0 Å². The molecule has 0 unspecified atom stereocenters. The Morgan fingerprint density at radius 1 is 1.31 bits per heavy atom. The van der Waals surface area contributed by atoms with Crippen molar-refractivity contribution in [1.82, 2.24) is 19.7 Å². The summed E-state index contributed by atoms with van der Waals surface area (Å²) in [6.07, 6.45) is 3.68. The highest BCUT2D eigenvalue weighted by Crippen LogP contribution is 2.36. The normalized spacial score (nSPS) is 20.5. The van der Waals surface area contributed by atoms with Crippen molar-refractivity contribution >= 4 is 0 Å². The molecule has 26 heavy (non-hydrogen) atoms. The molecule has 0 amide bonds. The molecule has 2 heterocycles. The van der Waals surface area contributed by atoms with Crippen molar-refractivity contribution in [3.05, 3.63) is 42.0 Å². The number of rotatable bonds is 7. The van der Waals surface area contributed by atoms with Gasteiger partial charge in [0.1, 0.15) is 23.5 Å². The maximum Gasteiger partial charge on any atom is 0.141 e. The number of benzene rings is 1. The standard InChI is InChI=1S/C20H30N4O2/c1-15(2)12-24-19(21-14-22-24)13-23-11-5-6-18(23)20(3,25)16-7-9-17(26-4)10-8-16/h7-10,14-15,18,25H,5-6,11-13H2,1-4H3/t18-,20-/m1/s1. The van der Waals surface area contributed by atoms with E-state index < -0.39 is 5.60 Å². The van der Waals surface area contributed by atoms with Crippen molar-refractivity contribution in [1.29, 1.82) is 0 Å². The average molecular weight is 358 g/mol. The maximum atomic E-state index is 11.3. The van der Waals surface area contributed by atoms with E-state index in [1.54, 1.807) is 13.4 Å². The summed E-state index contributed by atoms with van der Waals surface area (Å²) in [5, 5.41) is 15.7. The Morgan fingerprint density at radius 2 is 2.04 bits per heavy atom. The van der Waals surface area contributed by atoms with Gasteiger partial charge in [-0.1, -0.05) is 26.0 Å². The average Bonchev–Trinajstić information content (AvgIpc) is 3.25. The molecule has 1 saturated heterocycles. The summed E-state index contributed by atoms with van der Waals surface area (Å²) in [5.74, 6) is 2.29. The predicted octanol–water partition coefficient (Wildman–Crippen LogP) is 2.81. The SMILES string of the molecule is COc1ccc([C@@](C)(O)[C@H]2CCCN2Cc2ncnn2CC(C)C)cc1. The lowest BCUT2D eigenvalue weighted by Crippen LogP contribution is -2.45. The van der Waals surface area contributed by atoms with Crippen molar-refractivity contribution in [2.24, 2.45) is 5.92 Å². The van der Waals surface area contributed by atoms with Crippen LogP contribution in [0.5, 0.6) is 5.75 Å². The van der Waals surface area contributed by atoms with Gasteiger partial charge in [0.25, 0.3) is 0 Å². The Morgan fingerprint density at radius 3 is 2.69 bits per heavy atom. The smallest absolute Gasteiger partial charge is 0.141 e. The Hall–Kier alpha value is -1.92. The fourth-order valence-corrected chi connectivity index (χ4v) is 3.86. The Labute approximate surface area is 155 Å². The number of ether oxygens (including phenoxy) is 1. The Bertz CT molecular complexity index is 709. The van der Waals surface area contributed by atoms with Crippen LogP contribution in [0.15, 0.2) is 30.6 Å². The molecule has 0 radical (unpaired) electrons. The second kappa shape index (κ2) is 7.76. The van der Waals surface area contributed by atoms with E-state index in [-0.39, 0.29) is 6.04 Å². The van der Waals surface area contributed by atoms with Crippen molar-refractivity contribution in [3.8, 4) is 5.75 Å². The molecule has 1 N–H and O–H groups in total. The van der Waals surface area contributed by atoms with E-state index in [4.69, 9.17) is 4.74 Å². The minimum Gasteiger partial charge on any atom is -0.497 e. The summed E-state index contributed by atoms with van der Waals surface area (Å²) in [4.78, 5) is 6.80. The molecule has 6 heteroatoms. The number of hydrogen-bond acceptors (Lipinski definition) is 5. The zero-order chi connectivity index (χ0) is 18.7. The van der Waals surface area contributed by atoms with E-state index in [0.717, 1.165) is 43.1 Å². The minimum atomic E-state index is -0.925. The van der Waals surface area contributed by atoms with E-state index in [2.05, 4.69) is 28.8 Å². The third-order valence-electron chi connectivity index (χ3n) is 5.27. The number of likely N-dealkylation sites (tertiary alicyclic amines) is 1. The molecule has 142 valence electrons. The van der Waals surface area contributed by atoms with Crippen molar-refractivity contribution in [2.75, 3.05) is 13.7 Å². The minimum absolute atomic E-state index is 0.0556. The van der Waals surface area contributed by atoms with Crippen LogP contribution in [-0.4, -0.2) is 44.5 Å². The van der Waals surface area contributed by atoms with Gasteiger partial charge in [-0.3, -0.25) is 4.90 Å². The highest BCUT2D eigenvalue weighted by Gasteiger charge is 2.40. The number of hydrogen-bond donors (Lipinski definition) is 1. The van der Waals surface area contributed by atoms with Gasteiger partial charge in [-0.05, 0) is 49.9 Å². The zero-order valence-electron chi connectivity index (χ0n) is 16.2. The first-order valence-corrected chi connectivity index (χ1v) is 9.39. The highest BCUT2D eigenvalue weighted by atomic mass is 16.5. The molecule has 0 spiro atoms. The number of methoxy groups -OCH3 is 1. The third kappa shape index (κ3) is 3.91. The first-order chi connectivity index (χ1) is 12.4. The van der Waals surface area contributed by atoms with Gasteiger partial charge in [0.05, 0.1) is 13.7 Å². The van der Waals surface area contributed by atoms with Crippen LogP contribution in [0.3, 0.4) is 0 Å². The van der Waals surface area contributed by atoms with Crippen LogP contribution >= 0.6 is 0 Å². The summed E-state index contributed by atoms with van der Waals surface area (Å²) in [6.45, 7) is 8.81. The first-order valence-electron chi connectivity index (χ1n) is 9.39. The van der Waals surface area contributed by atoms with Gasteiger partial charge in [0.15, 0.2) is 0 Å². The summed E-state index contributed by atoms with van der Waals surface area (Å²) >= 11 is 0. The number of nitrogens with zero attached hydrogens (tertiary/aromatic N) is 4. The number of aromatic nitrogens is 3. The monoisotopic (exact) mass is 358 g/mol. The lowest BCUT2D eigenvalue weighted by molar-refractivity contribution is -0.0265. The Balaban J connectivity index is 1.77. The fourth-order valence-electron chi connectivity index (χ4n) is 3.86. The van der Waals surface area contributed by atoms with Crippen LogP contribution in [0.25, 0.3) is 0 Å². The van der Waals surface area contributed by atoms with Crippen molar-refractivity contribution in [2.45, 2.75) is 58.3 Å². The highest BCUT2D eigenvalue weighted by molar-refractivity contribution is 5.31. The van der Waals surface area contributed by atoms with Crippen LogP contribution in [0.1, 0.15) is 45.0 Å². The quantitative estimate of drug-likeness (QED) is 0.825. The van der Waals surface area contributed by atoms with Crippen molar-refractivity contribution in [3.63, 3.8) is 0 Å². The van der Waals surface area contributed by atoms with Gasteiger partial charge in [-0.25, -0.2) is 9.67 Å². The molecule has 2 atom stereocenters. The maximum absolute atomic E-state index is 11.3. The molecule has 6 nitrogen and oxygen atoms in total. The fraction of sp³-hybridized carbons (Fsp3) is 0.600. The van der Waals surface area contributed by atoms with Gasteiger partial charge < -0.3 is 9.84 Å². The second-order valence-corrected chi connectivity index (χ2v) is 7.76. The molecule has 1 aromatic heterocycles. The second-order valence-electron chi connectivity index (χ2n) is 7.76. The summed E-state index contributed by atoms with van der Waals surface area (Å²) in [7, 11) is 1.65. The molecule has 1 fully saturated rings. The summed E-state index contributed by atoms with van der Waals surface area (Å²) in [5.41, 5.74) is -0.00933. The molecular weight excluding hydrogens is 328 g/mol. The zero-order valence-corrected chi connectivity index (χ0v) is 16.2.